The zero-order valence-corrected chi connectivity index (χ0v) is 28.9. The predicted molar refractivity (Wildman–Crippen MR) is 184 cm³/mol. The topological polar surface area (TPSA) is 8.81 Å². The van der Waals surface area contributed by atoms with Gasteiger partial charge >= 0.3 is 0 Å². The van der Waals surface area contributed by atoms with E-state index in [4.69, 9.17) is 0 Å². The molecule has 0 aliphatic heterocycles. The third-order valence-electron chi connectivity index (χ3n) is 9.35. The molecule has 0 amide bonds. The SMILES string of the molecule is CCCCCCCCCCCCCCCCn1cc[n+](CCCCCCCCCCCCC)c1CCCCCCC. The molecule has 0 aliphatic carbocycles. The number of rotatable bonds is 33. The summed E-state index contributed by atoms with van der Waals surface area (Å²) in [6.07, 6.45) is 48.9. The zero-order valence-electron chi connectivity index (χ0n) is 28.9. The van der Waals surface area contributed by atoms with Crippen LogP contribution in [0.5, 0.6) is 0 Å². The van der Waals surface area contributed by atoms with Crippen molar-refractivity contribution in [1.82, 2.24) is 4.57 Å². The van der Waals surface area contributed by atoms with Crippen LogP contribution in [-0.4, -0.2) is 4.57 Å². The second kappa shape index (κ2) is 30.7. The van der Waals surface area contributed by atoms with E-state index in [0.29, 0.717) is 0 Å². The first kappa shape index (κ1) is 38.2. The normalized spacial score (nSPS) is 11.6. The molecular weight excluding hydrogens is 496 g/mol. The second-order valence-corrected chi connectivity index (χ2v) is 13.4. The van der Waals surface area contributed by atoms with Gasteiger partial charge in [0, 0.05) is 6.42 Å². The van der Waals surface area contributed by atoms with Gasteiger partial charge in [-0.3, -0.25) is 0 Å². The van der Waals surface area contributed by atoms with E-state index in [1.165, 1.54) is 212 Å². The lowest BCUT2D eigenvalue weighted by Crippen LogP contribution is -2.37. The molecule has 41 heavy (non-hydrogen) atoms. The molecule has 0 saturated carbocycles. The van der Waals surface area contributed by atoms with Gasteiger partial charge in [0.05, 0.1) is 13.1 Å². The molecule has 0 aromatic carbocycles. The fourth-order valence-corrected chi connectivity index (χ4v) is 6.50. The van der Waals surface area contributed by atoms with Crippen molar-refractivity contribution in [2.45, 2.75) is 233 Å². The Labute approximate surface area is 259 Å². The lowest BCUT2D eigenvalue weighted by molar-refractivity contribution is -0.704. The predicted octanol–water partition coefficient (Wildman–Crippen LogP) is 13.1. The summed E-state index contributed by atoms with van der Waals surface area (Å²) in [6, 6.07) is 0. The molecule has 2 nitrogen and oxygen atoms in total. The van der Waals surface area contributed by atoms with Crippen molar-refractivity contribution >= 4 is 0 Å². The molecule has 0 saturated heterocycles. The number of nitrogens with zero attached hydrogens (tertiary/aromatic N) is 2. The van der Waals surface area contributed by atoms with E-state index in [-0.39, 0.29) is 0 Å². The van der Waals surface area contributed by atoms with Gasteiger partial charge in [0.1, 0.15) is 12.4 Å². The second-order valence-electron chi connectivity index (χ2n) is 13.4. The minimum absolute atomic E-state index is 1.23. The molecule has 1 heterocycles. The first-order valence-electron chi connectivity index (χ1n) is 19.4. The first-order chi connectivity index (χ1) is 20.3. The van der Waals surface area contributed by atoms with Crippen molar-refractivity contribution in [2.75, 3.05) is 0 Å². The maximum absolute atomic E-state index is 2.62. The van der Waals surface area contributed by atoms with Gasteiger partial charge < -0.3 is 0 Å². The van der Waals surface area contributed by atoms with Crippen LogP contribution in [-0.2, 0) is 19.5 Å². The number of hydrogen-bond acceptors (Lipinski definition) is 0. The van der Waals surface area contributed by atoms with Gasteiger partial charge in [-0.05, 0) is 32.1 Å². The highest BCUT2D eigenvalue weighted by atomic mass is 15.1. The lowest BCUT2D eigenvalue weighted by Gasteiger charge is -2.07. The Morgan fingerprint density at radius 3 is 1.17 bits per heavy atom. The van der Waals surface area contributed by atoms with Crippen molar-refractivity contribution in [2.24, 2.45) is 0 Å². The van der Waals surface area contributed by atoms with Gasteiger partial charge in [0.25, 0.3) is 5.82 Å². The monoisotopic (exact) mass is 574 g/mol. The fourth-order valence-electron chi connectivity index (χ4n) is 6.50. The Morgan fingerprint density at radius 2 is 0.756 bits per heavy atom. The largest absolute Gasteiger partial charge is 0.256 e. The molecule has 0 fully saturated rings. The first-order valence-corrected chi connectivity index (χ1v) is 19.4. The number of aryl methyl sites for hydroxylation is 2. The van der Waals surface area contributed by atoms with Crippen molar-refractivity contribution in [3.8, 4) is 0 Å². The Kier molecular flexibility index (Phi) is 28.6. The number of imidazole rings is 1. The van der Waals surface area contributed by atoms with E-state index < -0.39 is 0 Å². The van der Waals surface area contributed by atoms with Gasteiger partial charge in [-0.25, -0.2) is 9.13 Å². The number of aromatic nitrogens is 2. The summed E-state index contributed by atoms with van der Waals surface area (Å²) in [4.78, 5) is 0. The summed E-state index contributed by atoms with van der Waals surface area (Å²) in [5.41, 5.74) is 0. The van der Waals surface area contributed by atoms with Crippen LogP contribution in [0.2, 0.25) is 0 Å². The van der Waals surface area contributed by atoms with Crippen LogP contribution in [0, 0.1) is 0 Å². The van der Waals surface area contributed by atoms with E-state index in [1.54, 1.807) is 5.82 Å². The molecule has 1 aromatic rings. The molecule has 2 heteroatoms. The van der Waals surface area contributed by atoms with E-state index >= 15 is 0 Å². The van der Waals surface area contributed by atoms with Gasteiger partial charge in [-0.15, -0.1) is 0 Å². The summed E-state index contributed by atoms with van der Waals surface area (Å²) in [7, 11) is 0. The van der Waals surface area contributed by atoms with E-state index in [0.717, 1.165) is 0 Å². The molecule has 0 N–H and O–H groups in total. The van der Waals surface area contributed by atoms with Crippen molar-refractivity contribution in [1.29, 1.82) is 0 Å². The molecule has 0 atom stereocenters. The quantitative estimate of drug-likeness (QED) is 0.0584. The third kappa shape index (κ3) is 23.4. The highest BCUT2D eigenvalue weighted by molar-refractivity contribution is 4.84. The maximum atomic E-state index is 2.62. The molecule has 242 valence electrons. The standard InChI is InChI=1S/C39H77N2/c1-4-7-10-13-15-17-19-20-21-23-25-27-30-33-36-41-38-37-40(39(41)34-31-28-12-9-6-3)35-32-29-26-24-22-18-16-14-11-8-5-2/h37-38H,4-36H2,1-3H3/q+1. The fraction of sp³-hybridized carbons (Fsp3) is 0.923. The van der Waals surface area contributed by atoms with E-state index in [9.17, 15) is 0 Å². The number of hydrogen-bond donors (Lipinski definition) is 0. The Morgan fingerprint density at radius 1 is 0.415 bits per heavy atom. The van der Waals surface area contributed by atoms with Gasteiger partial charge in [0.15, 0.2) is 0 Å². The molecule has 0 radical (unpaired) electrons. The summed E-state index contributed by atoms with van der Waals surface area (Å²) in [5.74, 6) is 1.61. The Hall–Kier alpha value is -0.790. The van der Waals surface area contributed by atoms with E-state index in [1.807, 2.05) is 0 Å². The van der Waals surface area contributed by atoms with Crippen LogP contribution >= 0.6 is 0 Å². The van der Waals surface area contributed by atoms with Gasteiger partial charge in [-0.2, -0.15) is 0 Å². The van der Waals surface area contributed by atoms with E-state index in [2.05, 4.69) is 42.3 Å². The third-order valence-corrected chi connectivity index (χ3v) is 9.35. The highest BCUT2D eigenvalue weighted by Crippen LogP contribution is 2.15. The zero-order chi connectivity index (χ0) is 29.5. The lowest BCUT2D eigenvalue weighted by atomic mass is 10.0. The molecule has 0 spiro atoms. The molecular formula is C39H77N2+. The van der Waals surface area contributed by atoms with Gasteiger partial charge in [0.2, 0.25) is 0 Å². The Balaban J connectivity index is 2.21. The molecule has 0 aliphatic rings. The summed E-state index contributed by atoms with van der Waals surface area (Å²) in [5, 5.41) is 0. The molecule has 0 unspecified atom stereocenters. The average molecular weight is 574 g/mol. The summed E-state index contributed by atoms with van der Waals surface area (Å²) >= 11 is 0. The molecule has 1 rings (SSSR count). The van der Waals surface area contributed by atoms with Crippen LogP contribution in [0.1, 0.15) is 219 Å². The Bertz CT molecular complexity index is 634. The number of unbranched alkanes of at least 4 members (excludes halogenated alkanes) is 27. The maximum Gasteiger partial charge on any atom is 0.256 e. The minimum Gasteiger partial charge on any atom is -0.234 e. The summed E-state index contributed by atoms with van der Waals surface area (Å²) in [6.45, 7) is 9.40. The molecule has 1 aromatic heterocycles. The highest BCUT2D eigenvalue weighted by Gasteiger charge is 2.16. The smallest absolute Gasteiger partial charge is 0.234 e. The van der Waals surface area contributed by atoms with Crippen LogP contribution in [0.4, 0.5) is 0 Å². The van der Waals surface area contributed by atoms with Crippen LogP contribution < -0.4 is 4.57 Å². The van der Waals surface area contributed by atoms with Crippen molar-refractivity contribution in [3.63, 3.8) is 0 Å². The van der Waals surface area contributed by atoms with Crippen molar-refractivity contribution < 1.29 is 4.57 Å². The van der Waals surface area contributed by atoms with Crippen molar-refractivity contribution in [3.05, 3.63) is 18.2 Å². The van der Waals surface area contributed by atoms with Crippen LogP contribution in [0.25, 0.3) is 0 Å². The average Bonchev–Trinajstić information content (AvgIpc) is 3.37. The minimum atomic E-state index is 1.23. The van der Waals surface area contributed by atoms with Crippen LogP contribution in [0.3, 0.4) is 0 Å². The van der Waals surface area contributed by atoms with Crippen LogP contribution in [0.15, 0.2) is 12.4 Å². The molecule has 0 bridgehead atoms. The summed E-state index contributed by atoms with van der Waals surface area (Å²) < 4.78 is 5.25. The van der Waals surface area contributed by atoms with Gasteiger partial charge in [-0.1, -0.05) is 181 Å².